The summed E-state index contributed by atoms with van der Waals surface area (Å²) in [4.78, 5) is 43.0. The van der Waals surface area contributed by atoms with Crippen molar-refractivity contribution in [3.05, 3.63) is 107 Å². The Balaban J connectivity index is 0.000000549. The predicted octanol–water partition coefficient (Wildman–Crippen LogP) is 7.21. The highest BCUT2D eigenvalue weighted by molar-refractivity contribution is 7.20. The number of hydrogen-bond acceptors (Lipinski definition) is 7. The summed E-state index contributed by atoms with van der Waals surface area (Å²) in [5, 5.41) is 15.7. The Kier molecular flexibility index (Phi) is 13.6. The molecule has 0 aliphatic rings. The number of nitrogens with one attached hydrogen (secondary N) is 3. The minimum atomic E-state index is -1.30. The molecule has 0 atom stereocenters. The number of anilines is 2. The summed E-state index contributed by atoms with van der Waals surface area (Å²) in [5.74, 6) is -3.05. The number of carboxylic acid groups (broad SMARTS) is 1. The van der Waals surface area contributed by atoms with E-state index in [9.17, 15) is 28.3 Å². The van der Waals surface area contributed by atoms with E-state index >= 15 is 0 Å². The first-order chi connectivity index (χ1) is 22.1. The predicted molar refractivity (Wildman–Crippen MR) is 174 cm³/mol. The molecule has 0 unspecified atom stereocenters. The van der Waals surface area contributed by atoms with Gasteiger partial charge in [0.25, 0.3) is 0 Å². The van der Waals surface area contributed by atoms with Crippen LogP contribution in [0, 0.1) is 11.6 Å². The lowest BCUT2D eigenvalue weighted by Crippen LogP contribution is -2.32. The molecule has 3 amide bonds. The first-order valence-electron chi connectivity index (χ1n) is 14.3. The van der Waals surface area contributed by atoms with Crippen LogP contribution in [0.25, 0.3) is 10.4 Å². The van der Waals surface area contributed by atoms with Crippen molar-refractivity contribution in [3.8, 4) is 10.4 Å². The molecule has 0 fully saturated rings. The minimum absolute atomic E-state index is 0.0119. The topological polar surface area (TPSA) is 129 Å². The van der Waals surface area contributed by atoms with Crippen LogP contribution in [0.2, 0.25) is 0 Å². The van der Waals surface area contributed by atoms with Gasteiger partial charge in [0.05, 0.1) is 25.8 Å². The second kappa shape index (κ2) is 17.6. The lowest BCUT2D eigenvalue weighted by Gasteiger charge is -2.22. The normalized spacial score (nSPS) is 10.4. The van der Waals surface area contributed by atoms with Crippen LogP contribution in [-0.2, 0) is 29.1 Å². The van der Waals surface area contributed by atoms with Crippen LogP contribution in [0.3, 0.4) is 0 Å². The van der Waals surface area contributed by atoms with Crippen LogP contribution < -0.4 is 21.0 Å². The molecule has 1 aromatic heterocycles. The van der Waals surface area contributed by atoms with Crippen molar-refractivity contribution < 1.29 is 37.8 Å². The van der Waals surface area contributed by atoms with Gasteiger partial charge in [-0.1, -0.05) is 55.5 Å². The van der Waals surface area contributed by atoms with Gasteiger partial charge in [-0.05, 0) is 61.3 Å². The van der Waals surface area contributed by atoms with E-state index in [1.807, 2.05) is 25.2 Å². The molecule has 4 rings (SSSR count). The van der Waals surface area contributed by atoms with Crippen molar-refractivity contribution in [1.82, 2.24) is 10.8 Å². The summed E-state index contributed by atoms with van der Waals surface area (Å²) >= 11 is 0.993. The number of benzene rings is 3. The number of carbonyl (C=O) groups excluding carboxylic acids is 2. The monoisotopic (exact) mass is 654 g/mol. The van der Waals surface area contributed by atoms with Crippen LogP contribution in [-0.4, -0.2) is 44.0 Å². The minimum Gasteiger partial charge on any atom is -0.478 e. The fraction of sp³-hybridized carbons (Fsp3) is 0.242. The Labute approximate surface area is 269 Å². The average molecular weight is 655 g/mol. The molecular weight excluding hydrogens is 618 g/mol. The Morgan fingerprint density at radius 3 is 2.11 bits per heavy atom. The zero-order valence-electron chi connectivity index (χ0n) is 25.9. The standard InChI is InChI=1S/C25H25F2N3O6S.C8H11N/c1-4-16-20(23(31)32)22(30(25(34)36-5-2)13-17-18(26)7-6-8-19(17)27)37-21(16)14-9-11-15(12-10-14)28-24(33)29-35-3;1-9-7-8-5-3-2-4-6-8/h6-12H,4-5,13H2,1-3H3,(H,31,32)(H2,28,29,33);2-6,9H,7H2,1H3. The summed E-state index contributed by atoms with van der Waals surface area (Å²) in [7, 11) is 3.25. The molecule has 0 saturated carbocycles. The molecular formula is C33H36F2N4O6S. The van der Waals surface area contributed by atoms with Gasteiger partial charge in [0.2, 0.25) is 0 Å². The Morgan fingerprint density at radius 1 is 0.913 bits per heavy atom. The molecule has 13 heteroatoms. The third kappa shape index (κ3) is 9.33. The number of rotatable bonds is 11. The third-order valence-electron chi connectivity index (χ3n) is 6.49. The quantitative estimate of drug-likeness (QED) is 0.126. The van der Waals surface area contributed by atoms with E-state index < -0.39 is 41.8 Å². The fourth-order valence-corrected chi connectivity index (χ4v) is 5.83. The van der Waals surface area contributed by atoms with Crippen LogP contribution >= 0.6 is 11.3 Å². The number of hydroxylamine groups is 1. The summed E-state index contributed by atoms with van der Waals surface area (Å²) in [6, 6.07) is 19.6. The third-order valence-corrected chi connectivity index (χ3v) is 7.79. The second-order valence-electron chi connectivity index (χ2n) is 9.59. The summed E-state index contributed by atoms with van der Waals surface area (Å²) < 4.78 is 34.0. The highest BCUT2D eigenvalue weighted by Gasteiger charge is 2.31. The van der Waals surface area contributed by atoms with Crippen LogP contribution in [0.5, 0.6) is 0 Å². The smallest absolute Gasteiger partial charge is 0.415 e. The number of carboxylic acids is 1. The van der Waals surface area contributed by atoms with Crippen molar-refractivity contribution in [2.75, 3.05) is 31.0 Å². The summed E-state index contributed by atoms with van der Waals surface area (Å²) in [6.45, 7) is 3.69. The molecule has 0 aliphatic carbocycles. The Hall–Kier alpha value is -4.85. The number of urea groups is 1. The number of amides is 3. The molecule has 4 N–H and O–H groups in total. The largest absolute Gasteiger partial charge is 0.478 e. The van der Waals surface area contributed by atoms with Gasteiger partial charge in [-0.25, -0.2) is 28.6 Å². The zero-order chi connectivity index (χ0) is 33.6. The van der Waals surface area contributed by atoms with Gasteiger partial charge in [0, 0.05) is 22.7 Å². The summed E-state index contributed by atoms with van der Waals surface area (Å²) in [6.07, 6.45) is -0.638. The fourth-order valence-electron chi connectivity index (χ4n) is 4.45. The highest BCUT2D eigenvalue weighted by atomic mass is 32.1. The second-order valence-corrected chi connectivity index (χ2v) is 10.6. The maximum absolute atomic E-state index is 14.5. The van der Waals surface area contributed by atoms with Gasteiger partial charge in [-0.3, -0.25) is 9.74 Å². The molecule has 244 valence electrons. The molecule has 3 aromatic carbocycles. The van der Waals surface area contributed by atoms with Gasteiger partial charge in [-0.2, -0.15) is 0 Å². The molecule has 0 spiro atoms. The van der Waals surface area contributed by atoms with E-state index in [1.54, 1.807) is 38.1 Å². The van der Waals surface area contributed by atoms with Crippen molar-refractivity contribution in [2.45, 2.75) is 33.4 Å². The van der Waals surface area contributed by atoms with Gasteiger partial charge < -0.3 is 20.5 Å². The van der Waals surface area contributed by atoms with Crippen LogP contribution in [0.15, 0.2) is 72.8 Å². The van der Waals surface area contributed by atoms with Gasteiger partial charge in [0.1, 0.15) is 16.6 Å². The molecule has 0 saturated heterocycles. The van der Waals surface area contributed by atoms with E-state index in [0.29, 0.717) is 28.1 Å². The number of aromatic carboxylic acids is 1. The van der Waals surface area contributed by atoms with Crippen molar-refractivity contribution in [1.29, 1.82) is 0 Å². The average Bonchev–Trinajstić information content (AvgIpc) is 3.42. The van der Waals surface area contributed by atoms with E-state index in [1.165, 1.54) is 18.7 Å². The van der Waals surface area contributed by atoms with E-state index in [0.717, 1.165) is 34.9 Å². The molecule has 4 aromatic rings. The maximum atomic E-state index is 14.5. The number of halogens is 2. The molecule has 0 bridgehead atoms. The van der Waals surface area contributed by atoms with E-state index in [-0.39, 0.29) is 17.2 Å². The molecule has 1 heterocycles. The van der Waals surface area contributed by atoms with Crippen molar-refractivity contribution in [3.63, 3.8) is 0 Å². The first kappa shape index (κ1) is 35.6. The zero-order valence-corrected chi connectivity index (χ0v) is 26.7. The SMILES string of the molecule is CCOC(=O)N(Cc1c(F)cccc1F)c1sc(-c2ccc(NC(=O)NOC)cc2)c(CC)c1C(=O)O.CNCc1ccccc1. The number of hydrogen-bond donors (Lipinski definition) is 4. The molecule has 46 heavy (non-hydrogen) atoms. The molecule has 10 nitrogen and oxygen atoms in total. The highest BCUT2D eigenvalue weighted by Crippen LogP contribution is 2.44. The van der Waals surface area contributed by atoms with Gasteiger partial charge in [0.15, 0.2) is 0 Å². The van der Waals surface area contributed by atoms with E-state index in [4.69, 9.17) is 4.74 Å². The van der Waals surface area contributed by atoms with Gasteiger partial charge in [-0.15, -0.1) is 11.3 Å². The molecule has 0 aliphatic heterocycles. The van der Waals surface area contributed by atoms with Crippen molar-refractivity contribution in [2.24, 2.45) is 0 Å². The lowest BCUT2D eigenvalue weighted by atomic mass is 10.0. The van der Waals surface area contributed by atoms with Crippen LogP contribution in [0.1, 0.15) is 40.9 Å². The number of ether oxygens (including phenoxy) is 1. The number of carbonyl (C=O) groups is 3. The van der Waals surface area contributed by atoms with Crippen molar-refractivity contribution >= 4 is 40.1 Å². The van der Waals surface area contributed by atoms with E-state index in [2.05, 4.69) is 33.1 Å². The Bertz CT molecular complexity index is 1600. The summed E-state index contributed by atoms with van der Waals surface area (Å²) in [5.41, 5.74) is 4.42. The number of thiophene rings is 1. The molecule has 0 radical (unpaired) electrons. The first-order valence-corrected chi connectivity index (χ1v) is 15.1. The number of nitrogens with zero attached hydrogens (tertiary/aromatic N) is 1. The van der Waals surface area contributed by atoms with Crippen LogP contribution in [0.4, 0.5) is 29.1 Å². The lowest BCUT2D eigenvalue weighted by molar-refractivity contribution is 0.0697. The Morgan fingerprint density at radius 2 is 1.57 bits per heavy atom. The maximum Gasteiger partial charge on any atom is 0.415 e. The van der Waals surface area contributed by atoms with Gasteiger partial charge >= 0.3 is 18.1 Å².